The summed E-state index contributed by atoms with van der Waals surface area (Å²) in [4.78, 5) is 77.2. The monoisotopic (exact) mass is 843 g/mol. The first-order valence-electron chi connectivity index (χ1n) is 20.6. The summed E-state index contributed by atoms with van der Waals surface area (Å²) in [5, 5.41) is 21.8. The van der Waals surface area contributed by atoms with Gasteiger partial charge in [0.15, 0.2) is 0 Å². The number of amides is 10. The molecule has 3 aromatic rings. The summed E-state index contributed by atoms with van der Waals surface area (Å²) in [5.74, 6) is 0.603. The minimum Gasteiger partial charge on any atom is -0.489 e. The van der Waals surface area contributed by atoms with E-state index < -0.39 is 53.9 Å². The largest absolute Gasteiger partial charge is 0.489 e. The Morgan fingerprint density at radius 2 is 1.20 bits per heavy atom. The molecule has 1 saturated heterocycles. The van der Waals surface area contributed by atoms with E-state index >= 15 is 0 Å². The lowest BCUT2D eigenvalue weighted by Gasteiger charge is -2.24. The van der Waals surface area contributed by atoms with Gasteiger partial charge in [-0.2, -0.15) is 0 Å². The molecule has 4 rings (SSSR count). The molecule has 1 aliphatic heterocycles. The van der Waals surface area contributed by atoms with Crippen LogP contribution in [-0.4, -0.2) is 104 Å². The summed E-state index contributed by atoms with van der Waals surface area (Å²) in [5.41, 5.74) is 2.18. The summed E-state index contributed by atoms with van der Waals surface area (Å²) in [7, 11) is 0. The average molecular weight is 844 g/mol. The maximum absolute atomic E-state index is 13.0. The zero-order valence-corrected chi connectivity index (χ0v) is 35.7. The Bertz CT molecular complexity index is 1870. The molecule has 1 fully saturated rings. The van der Waals surface area contributed by atoms with E-state index in [2.05, 4.69) is 42.5 Å². The van der Waals surface area contributed by atoms with Gasteiger partial charge in [0.05, 0.1) is 18.6 Å². The van der Waals surface area contributed by atoms with Crippen LogP contribution in [0.15, 0.2) is 84.9 Å². The van der Waals surface area contributed by atoms with Crippen molar-refractivity contribution in [3.05, 3.63) is 102 Å². The van der Waals surface area contributed by atoms with Crippen LogP contribution in [-0.2, 0) is 29.0 Å². The number of nitrogens with one attached hydrogen (secondary N) is 8. The molecule has 17 heteroatoms. The van der Waals surface area contributed by atoms with Crippen LogP contribution in [0.3, 0.4) is 0 Å². The highest BCUT2D eigenvalue weighted by Crippen LogP contribution is 2.17. The lowest BCUT2D eigenvalue weighted by Crippen LogP contribution is -2.51. The molecule has 0 unspecified atom stereocenters. The topological polar surface area (TPSA) is 220 Å². The number of rotatable bonds is 21. The van der Waals surface area contributed by atoms with Crippen LogP contribution < -0.4 is 47.3 Å². The number of urea groups is 4. The Morgan fingerprint density at radius 1 is 0.672 bits per heavy atom. The Hall–Kier alpha value is -6.52. The van der Waals surface area contributed by atoms with E-state index in [1.807, 2.05) is 98.8 Å². The van der Waals surface area contributed by atoms with Crippen LogP contribution in [0.2, 0.25) is 0 Å². The Balaban J connectivity index is 1.14. The number of hydrogen-bond acceptors (Lipinski definition) is 8. The van der Waals surface area contributed by atoms with Crippen molar-refractivity contribution < 1.29 is 38.2 Å². The highest BCUT2D eigenvalue weighted by atomic mass is 16.6. The van der Waals surface area contributed by atoms with Crippen molar-refractivity contribution >= 4 is 36.1 Å². The van der Waals surface area contributed by atoms with Crippen molar-refractivity contribution in [1.29, 1.82) is 0 Å². The quantitative estimate of drug-likeness (QED) is 0.0573. The minimum atomic E-state index is -0.704. The van der Waals surface area contributed by atoms with Crippen molar-refractivity contribution in [2.75, 3.05) is 39.3 Å². The van der Waals surface area contributed by atoms with Gasteiger partial charge in [-0.15, -0.1) is 0 Å². The van der Waals surface area contributed by atoms with Gasteiger partial charge in [0.2, 0.25) is 0 Å². The molecule has 1 heterocycles. The second-order valence-electron chi connectivity index (χ2n) is 16.2. The molecule has 330 valence electrons. The highest BCUT2D eigenvalue weighted by Gasteiger charge is 2.39. The van der Waals surface area contributed by atoms with Crippen LogP contribution in [0, 0.1) is 5.92 Å². The van der Waals surface area contributed by atoms with E-state index in [-0.39, 0.29) is 51.1 Å². The first kappa shape index (κ1) is 47.2. The summed E-state index contributed by atoms with van der Waals surface area (Å²) in [6.07, 6.45) is 0.702. The van der Waals surface area contributed by atoms with Crippen molar-refractivity contribution in [2.45, 2.75) is 84.2 Å². The first-order valence-corrected chi connectivity index (χ1v) is 20.6. The van der Waals surface area contributed by atoms with E-state index in [4.69, 9.17) is 9.47 Å². The maximum atomic E-state index is 13.0. The standard InChI is InChI=1S/C44H61N9O8/c1-30(2)24-37-38(54)53(42(58)52-37)28-35(26-31-12-8-6-9-13-31)50-41(57)48-23-22-46-39(55)45-20-21-47-40(56)49-27-34(51-43(59)61-44(3,4)5)25-32-16-18-36(19-17-32)60-29-33-14-10-7-11-15-33/h6-19,30,34-35,37H,20-29H2,1-5H3,(H,51,59)(H,52,58)(H2,45,46,55)(H2,47,49,56)(H2,48,50,57)/t34-,35-,37-/m0/s1. The Morgan fingerprint density at radius 3 is 1.77 bits per heavy atom. The third-order valence-electron chi connectivity index (χ3n) is 9.15. The van der Waals surface area contributed by atoms with Crippen LogP contribution in [0.25, 0.3) is 0 Å². The summed E-state index contributed by atoms with van der Waals surface area (Å²) >= 11 is 0. The Kier molecular flexibility index (Phi) is 18.5. The van der Waals surface area contributed by atoms with Gasteiger partial charge in [-0.3, -0.25) is 9.69 Å². The van der Waals surface area contributed by atoms with Crippen LogP contribution in [0.1, 0.15) is 57.7 Å². The number of imide groups is 1. The van der Waals surface area contributed by atoms with Gasteiger partial charge >= 0.3 is 30.2 Å². The molecule has 0 bridgehead atoms. The number of carbonyl (C=O) groups excluding carboxylic acids is 6. The van der Waals surface area contributed by atoms with Gasteiger partial charge in [-0.05, 0) is 74.8 Å². The zero-order chi connectivity index (χ0) is 44.2. The minimum absolute atomic E-state index is 0.00136. The number of hydrogen-bond donors (Lipinski definition) is 8. The molecule has 0 radical (unpaired) electrons. The third-order valence-corrected chi connectivity index (χ3v) is 9.15. The SMILES string of the molecule is CC(C)C[C@@H]1NC(=O)N(C[C@H](Cc2ccccc2)NC(=O)NCCNC(=O)NCCNC(=O)NC[C@H](Cc2ccc(OCc3ccccc3)cc2)NC(=O)OC(C)(C)C)C1=O. The van der Waals surface area contributed by atoms with E-state index in [1.165, 1.54) is 0 Å². The average Bonchev–Trinajstić information content (AvgIpc) is 3.46. The molecule has 10 amide bonds. The van der Waals surface area contributed by atoms with Gasteiger partial charge in [0, 0.05) is 32.7 Å². The second-order valence-corrected chi connectivity index (χ2v) is 16.2. The predicted molar refractivity (Wildman–Crippen MR) is 231 cm³/mol. The van der Waals surface area contributed by atoms with Gasteiger partial charge < -0.3 is 52.0 Å². The number of alkyl carbamates (subject to hydrolysis) is 1. The molecule has 0 aliphatic carbocycles. The van der Waals surface area contributed by atoms with Crippen LogP contribution >= 0.6 is 0 Å². The van der Waals surface area contributed by atoms with Crippen LogP contribution in [0.5, 0.6) is 5.75 Å². The van der Waals surface area contributed by atoms with E-state index in [0.717, 1.165) is 21.6 Å². The second kappa shape index (κ2) is 23.9. The fourth-order valence-corrected chi connectivity index (χ4v) is 6.34. The number of carbonyl (C=O) groups is 6. The zero-order valence-electron chi connectivity index (χ0n) is 35.7. The molecular formula is C44H61N9O8. The summed E-state index contributed by atoms with van der Waals surface area (Å²) < 4.78 is 11.3. The molecule has 61 heavy (non-hydrogen) atoms. The molecule has 3 atom stereocenters. The molecule has 17 nitrogen and oxygen atoms in total. The number of nitrogens with zero attached hydrogens (tertiary/aromatic N) is 1. The van der Waals surface area contributed by atoms with E-state index in [9.17, 15) is 28.8 Å². The summed E-state index contributed by atoms with van der Waals surface area (Å²) in [6.45, 7) is 10.2. The van der Waals surface area contributed by atoms with Crippen LogP contribution in [0.4, 0.5) is 24.0 Å². The lowest BCUT2D eigenvalue weighted by molar-refractivity contribution is -0.128. The number of benzene rings is 3. The van der Waals surface area contributed by atoms with Crippen molar-refractivity contribution in [1.82, 2.24) is 47.4 Å². The summed E-state index contributed by atoms with van der Waals surface area (Å²) in [6, 6.07) is 23.1. The molecular weight excluding hydrogens is 783 g/mol. The van der Waals surface area contributed by atoms with Gasteiger partial charge in [0.25, 0.3) is 5.91 Å². The van der Waals surface area contributed by atoms with Gasteiger partial charge in [-0.25, -0.2) is 24.0 Å². The smallest absolute Gasteiger partial charge is 0.407 e. The van der Waals surface area contributed by atoms with E-state index in [1.54, 1.807) is 20.8 Å². The normalized spacial score (nSPS) is 14.6. The van der Waals surface area contributed by atoms with Crippen molar-refractivity contribution in [3.63, 3.8) is 0 Å². The van der Waals surface area contributed by atoms with Crippen molar-refractivity contribution in [3.8, 4) is 5.75 Å². The van der Waals surface area contributed by atoms with Crippen molar-refractivity contribution in [2.24, 2.45) is 5.92 Å². The first-order chi connectivity index (χ1) is 29.1. The Labute approximate surface area is 357 Å². The highest BCUT2D eigenvalue weighted by molar-refractivity contribution is 6.04. The maximum Gasteiger partial charge on any atom is 0.407 e. The number of ether oxygens (including phenoxy) is 2. The predicted octanol–water partition coefficient (Wildman–Crippen LogP) is 4.18. The fourth-order valence-electron chi connectivity index (χ4n) is 6.34. The van der Waals surface area contributed by atoms with Gasteiger partial charge in [0.1, 0.15) is 24.0 Å². The molecule has 3 aromatic carbocycles. The third kappa shape index (κ3) is 18.1. The van der Waals surface area contributed by atoms with E-state index in [0.29, 0.717) is 31.6 Å². The molecule has 1 aliphatic rings. The molecule has 8 N–H and O–H groups in total. The lowest BCUT2D eigenvalue weighted by atomic mass is 10.0. The van der Waals surface area contributed by atoms with Gasteiger partial charge in [-0.1, -0.05) is 86.6 Å². The molecule has 0 spiro atoms. The fraction of sp³-hybridized carbons (Fsp3) is 0.455. The molecule has 0 saturated carbocycles. The molecule has 0 aromatic heterocycles.